The molecule has 0 aromatic heterocycles. The van der Waals surface area contributed by atoms with Crippen LogP contribution in [0.1, 0.15) is 19.8 Å². The highest BCUT2D eigenvalue weighted by Gasteiger charge is 2.31. The number of nitriles is 1. The Labute approximate surface area is 78.3 Å². The van der Waals surface area contributed by atoms with Crippen LogP contribution < -0.4 is 10.6 Å². The predicted octanol–water partition coefficient (Wildman–Crippen LogP) is 0.0143. The van der Waals surface area contributed by atoms with Crippen molar-refractivity contribution in [3.05, 3.63) is 0 Å². The van der Waals surface area contributed by atoms with Gasteiger partial charge in [0.1, 0.15) is 0 Å². The summed E-state index contributed by atoms with van der Waals surface area (Å²) in [4.78, 5) is 11.1. The van der Waals surface area contributed by atoms with Crippen LogP contribution in [-0.2, 0) is 4.79 Å². The molecule has 0 aliphatic heterocycles. The first-order valence-electron chi connectivity index (χ1n) is 4.61. The minimum absolute atomic E-state index is 0.0191. The Morgan fingerprint density at radius 3 is 2.92 bits per heavy atom. The van der Waals surface area contributed by atoms with Crippen LogP contribution in [0, 0.1) is 17.2 Å². The van der Waals surface area contributed by atoms with Crippen molar-refractivity contribution in [3.63, 3.8) is 0 Å². The largest absolute Gasteiger partial charge is 0.354 e. The zero-order chi connectivity index (χ0) is 9.68. The molecule has 2 N–H and O–H groups in total. The number of hydrogen-bond acceptors (Lipinski definition) is 3. The molecule has 4 heteroatoms. The van der Waals surface area contributed by atoms with E-state index in [2.05, 4.69) is 17.6 Å². The van der Waals surface area contributed by atoms with E-state index < -0.39 is 0 Å². The predicted molar refractivity (Wildman–Crippen MR) is 48.8 cm³/mol. The Morgan fingerprint density at radius 1 is 1.69 bits per heavy atom. The minimum atomic E-state index is -0.0191. The molecule has 0 radical (unpaired) electrons. The average Bonchev–Trinajstić information content (AvgIpc) is 2.79. The molecule has 0 aromatic rings. The van der Waals surface area contributed by atoms with Crippen molar-refractivity contribution in [1.82, 2.24) is 10.6 Å². The van der Waals surface area contributed by atoms with Crippen molar-refractivity contribution in [2.45, 2.75) is 25.8 Å². The zero-order valence-electron chi connectivity index (χ0n) is 7.84. The molecule has 0 saturated heterocycles. The molecule has 0 spiro atoms. The molecule has 4 nitrogen and oxygen atoms in total. The van der Waals surface area contributed by atoms with E-state index >= 15 is 0 Å². The maximum Gasteiger partial charge on any atom is 0.233 e. The summed E-state index contributed by atoms with van der Waals surface area (Å²) in [5.74, 6) is 0.696. The second kappa shape index (κ2) is 4.83. The van der Waals surface area contributed by atoms with Crippen LogP contribution in [0.2, 0.25) is 0 Å². The van der Waals surface area contributed by atoms with Gasteiger partial charge in [-0.25, -0.2) is 0 Å². The number of carbonyl (C=O) groups excluding carboxylic acids is 1. The summed E-state index contributed by atoms with van der Waals surface area (Å²) in [5.41, 5.74) is 0. The van der Waals surface area contributed by atoms with Crippen molar-refractivity contribution >= 4 is 5.91 Å². The van der Waals surface area contributed by atoms with E-state index in [1.165, 1.54) is 6.42 Å². The summed E-state index contributed by atoms with van der Waals surface area (Å²) in [7, 11) is 0. The van der Waals surface area contributed by atoms with Crippen molar-refractivity contribution in [1.29, 1.82) is 5.26 Å². The summed E-state index contributed by atoms with van der Waals surface area (Å²) in [6.07, 6.45) is 1.55. The van der Waals surface area contributed by atoms with E-state index in [9.17, 15) is 4.79 Å². The van der Waals surface area contributed by atoms with Gasteiger partial charge >= 0.3 is 0 Å². The lowest BCUT2D eigenvalue weighted by Crippen LogP contribution is -2.35. The zero-order valence-corrected chi connectivity index (χ0v) is 7.84. The van der Waals surface area contributed by atoms with Crippen LogP contribution in [0.4, 0.5) is 0 Å². The molecule has 1 saturated carbocycles. The third-order valence-electron chi connectivity index (χ3n) is 2.19. The first-order valence-corrected chi connectivity index (χ1v) is 4.61. The fraction of sp³-hybridized carbons (Fsp3) is 0.778. The SMILES string of the molecule is CC1CC1NCC(=O)NCCC#N. The first-order chi connectivity index (χ1) is 6.24. The van der Waals surface area contributed by atoms with Crippen LogP contribution in [0.3, 0.4) is 0 Å². The fourth-order valence-corrected chi connectivity index (χ4v) is 1.15. The van der Waals surface area contributed by atoms with Gasteiger partial charge in [0.25, 0.3) is 0 Å². The topological polar surface area (TPSA) is 64.9 Å². The minimum Gasteiger partial charge on any atom is -0.354 e. The first kappa shape index (κ1) is 10.0. The smallest absolute Gasteiger partial charge is 0.233 e. The number of amides is 1. The highest BCUT2D eigenvalue weighted by molar-refractivity contribution is 5.78. The highest BCUT2D eigenvalue weighted by atomic mass is 16.1. The molecule has 13 heavy (non-hydrogen) atoms. The fourth-order valence-electron chi connectivity index (χ4n) is 1.15. The Balaban J connectivity index is 1.95. The van der Waals surface area contributed by atoms with E-state index in [1.807, 2.05) is 6.07 Å². The molecular formula is C9H15N3O. The lowest BCUT2D eigenvalue weighted by atomic mass is 10.4. The van der Waals surface area contributed by atoms with Gasteiger partial charge in [-0.3, -0.25) is 4.79 Å². The molecule has 1 rings (SSSR count). The molecule has 0 aromatic carbocycles. The van der Waals surface area contributed by atoms with Crippen molar-refractivity contribution in [2.24, 2.45) is 5.92 Å². The molecule has 1 aliphatic carbocycles. The van der Waals surface area contributed by atoms with Crippen molar-refractivity contribution in [3.8, 4) is 6.07 Å². The van der Waals surface area contributed by atoms with Gasteiger partial charge in [-0.15, -0.1) is 0 Å². The molecule has 1 fully saturated rings. The maximum atomic E-state index is 11.1. The number of rotatable bonds is 5. The molecule has 0 heterocycles. The van der Waals surface area contributed by atoms with Gasteiger partial charge in [-0.2, -0.15) is 5.26 Å². The molecular weight excluding hydrogens is 166 g/mol. The molecule has 1 amide bonds. The monoisotopic (exact) mass is 181 g/mol. The Bertz CT molecular complexity index is 221. The summed E-state index contributed by atoms with van der Waals surface area (Å²) >= 11 is 0. The van der Waals surface area contributed by atoms with Gasteiger partial charge in [0, 0.05) is 12.6 Å². The van der Waals surface area contributed by atoms with Gasteiger partial charge in [-0.1, -0.05) is 6.92 Å². The molecule has 1 aliphatic rings. The Morgan fingerprint density at radius 2 is 2.38 bits per heavy atom. The van der Waals surface area contributed by atoms with E-state index in [1.54, 1.807) is 0 Å². The van der Waals surface area contributed by atoms with Crippen LogP contribution in [0.15, 0.2) is 0 Å². The summed E-state index contributed by atoms with van der Waals surface area (Å²) in [6, 6.07) is 2.50. The molecule has 2 unspecified atom stereocenters. The maximum absolute atomic E-state index is 11.1. The third kappa shape index (κ3) is 3.90. The summed E-state index contributed by atoms with van der Waals surface area (Å²) < 4.78 is 0. The Kier molecular flexibility index (Phi) is 3.71. The standard InChI is InChI=1S/C9H15N3O/c1-7-5-8(7)12-6-9(13)11-4-2-3-10/h7-8,12H,2,4-6H2,1H3,(H,11,13). The van der Waals surface area contributed by atoms with E-state index in [0.717, 1.165) is 0 Å². The van der Waals surface area contributed by atoms with Crippen LogP contribution in [0.5, 0.6) is 0 Å². The summed E-state index contributed by atoms with van der Waals surface area (Å²) in [5, 5.41) is 14.0. The normalized spacial score (nSPS) is 24.9. The number of nitrogens with one attached hydrogen (secondary N) is 2. The van der Waals surface area contributed by atoms with Gasteiger partial charge in [-0.05, 0) is 12.3 Å². The van der Waals surface area contributed by atoms with Crippen LogP contribution in [-0.4, -0.2) is 25.0 Å². The number of nitrogens with zero attached hydrogens (tertiary/aromatic N) is 1. The highest BCUT2D eigenvalue weighted by Crippen LogP contribution is 2.28. The second-order valence-electron chi connectivity index (χ2n) is 3.46. The second-order valence-corrected chi connectivity index (χ2v) is 3.46. The lowest BCUT2D eigenvalue weighted by molar-refractivity contribution is -0.120. The number of carbonyl (C=O) groups is 1. The quantitative estimate of drug-likeness (QED) is 0.587. The van der Waals surface area contributed by atoms with E-state index in [0.29, 0.717) is 31.5 Å². The third-order valence-corrected chi connectivity index (χ3v) is 2.19. The van der Waals surface area contributed by atoms with E-state index in [-0.39, 0.29) is 5.91 Å². The number of hydrogen-bond donors (Lipinski definition) is 2. The summed E-state index contributed by atoms with van der Waals surface area (Å²) in [6.45, 7) is 2.99. The van der Waals surface area contributed by atoms with Crippen LogP contribution in [0.25, 0.3) is 0 Å². The molecule has 2 atom stereocenters. The average molecular weight is 181 g/mol. The lowest BCUT2D eigenvalue weighted by Gasteiger charge is -2.03. The van der Waals surface area contributed by atoms with Gasteiger partial charge in [0.15, 0.2) is 0 Å². The van der Waals surface area contributed by atoms with Crippen LogP contribution >= 0.6 is 0 Å². The Hall–Kier alpha value is -1.08. The van der Waals surface area contributed by atoms with Gasteiger partial charge < -0.3 is 10.6 Å². The van der Waals surface area contributed by atoms with Gasteiger partial charge in [0.05, 0.1) is 19.0 Å². The van der Waals surface area contributed by atoms with Crippen molar-refractivity contribution < 1.29 is 4.79 Å². The van der Waals surface area contributed by atoms with Gasteiger partial charge in [0.2, 0.25) is 5.91 Å². The van der Waals surface area contributed by atoms with E-state index in [4.69, 9.17) is 5.26 Å². The molecule has 0 bridgehead atoms. The molecule has 72 valence electrons. The van der Waals surface area contributed by atoms with Crippen molar-refractivity contribution in [2.75, 3.05) is 13.1 Å².